The van der Waals surface area contributed by atoms with Crippen LogP contribution in [0.3, 0.4) is 0 Å². The van der Waals surface area contributed by atoms with Crippen molar-refractivity contribution in [3.05, 3.63) is 29.1 Å². The van der Waals surface area contributed by atoms with Crippen LogP contribution in [-0.4, -0.2) is 43.7 Å². The van der Waals surface area contributed by atoms with Gasteiger partial charge in [0.25, 0.3) is 0 Å². The van der Waals surface area contributed by atoms with Crippen molar-refractivity contribution in [2.75, 3.05) is 26.9 Å². The van der Waals surface area contributed by atoms with Crippen LogP contribution >= 0.6 is 0 Å². The molecule has 0 unspecified atom stereocenters. The van der Waals surface area contributed by atoms with Crippen LogP contribution in [0.4, 0.5) is 13.2 Å². The topological polar surface area (TPSA) is 68.7 Å². The molecule has 1 amide bonds. The van der Waals surface area contributed by atoms with Gasteiger partial charge >= 0.3 is 6.18 Å². The van der Waals surface area contributed by atoms with E-state index in [0.29, 0.717) is 43.5 Å². The first-order chi connectivity index (χ1) is 18.0. The molecule has 2 aliphatic rings. The Labute approximate surface area is 228 Å². The van der Waals surface area contributed by atoms with Gasteiger partial charge in [-0.3, -0.25) is 9.63 Å². The maximum atomic E-state index is 13.2. The minimum atomic E-state index is -4.47. The number of hydrogen-bond donors (Lipinski definition) is 1. The molecule has 220 valence electrons. The third kappa shape index (κ3) is 11.5. The predicted molar refractivity (Wildman–Crippen MR) is 144 cm³/mol. The summed E-state index contributed by atoms with van der Waals surface area (Å²) in [4.78, 5) is 19.8. The highest BCUT2D eigenvalue weighted by Crippen LogP contribution is 2.31. The number of amides is 1. The average Bonchev–Trinajstić information content (AvgIpc) is 3.11. The highest BCUT2D eigenvalue weighted by atomic mass is 19.4. The van der Waals surface area contributed by atoms with Crippen molar-refractivity contribution in [3.63, 3.8) is 0 Å². The summed E-state index contributed by atoms with van der Waals surface area (Å²) in [6.45, 7) is 13.0. The van der Waals surface area contributed by atoms with E-state index in [1.165, 1.54) is 37.5 Å². The molecule has 0 bridgehead atoms. The van der Waals surface area contributed by atoms with Gasteiger partial charge in [0.05, 0.1) is 6.54 Å². The molecule has 0 saturated carbocycles. The Hall–Kier alpha value is -1.87. The molecule has 3 atom stereocenters. The first kappa shape index (κ1) is 34.2. The van der Waals surface area contributed by atoms with Gasteiger partial charge in [0.1, 0.15) is 12.7 Å². The second-order valence-electron chi connectivity index (χ2n) is 10.4. The second kappa shape index (κ2) is 17.7. The molecule has 3 heterocycles. The molecule has 9 heteroatoms. The van der Waals surface area contributed by atoms with Gasteiger partial charge in [-0.1, -0.05) is 40.5 Å². The number of alkyl halides is 3. The number of nitrogens with zero attached hydrogens (tertiary/aromatic N) is 2. The zero-order valence-electron chi connectivity index (χ0n) is 24.4. The number of ether oxygens (including phenoxy) is 1. The molecule has 1 fully saturated rings. The molecule has 0 aliphatic carbocycles. The molecule has 3 rings (SSSR count). The van der Waals surface area contributed by atoms with Crippen molar-refractivity contribution >= 4 is 5.91 Å². The van der Waals surface area contributed by atoms with Gasteiger partial charge in [0, 0.05) is 48.4 Å². The Balaban J connectivity index is 0.000000545. The summed E-state index contributed by atoms with van der Waals surface area (Å²) in [5.41, 5.74) is 6.20. The lowest BCUT2D eigenvalue weighted by Crippen LogP contribution is -2.46. The molecular formula is C29H51F3N3O3+. The van der Waals surface area contributed by atoms with Crippen molar-refractivity contribution in [1.29, 1.82) is 0 Å². The van der Waals surface area contributed by atoms with E-state index in [-0.39, 0.29) is 24.4 Å². The van der Waals surface area contributed by atoms with E-state index in [1.54, 1.807) is 4.90 Å². The summed E-state index contributed by atoms with van der Waals surface area (Å²) in [5.74, 6) is 0.703. The maximum absolute atomic E-state index is 13.2. The molecule has 2 N–H and O–H groups in total. The fourth-order valence-electron chi connectivity index (χ4n) is 4.64. The lowest BCUT2D eigenvalue weighted by atomic mass is 9.96. The standard InChI is InChI=1S/C19H29F3N3O2.C7H14O.C3H8/c1-4-14(8-7-13(2)23)18(26)24-9-5-6-17-15(11-24)10-16(19(20,21)22)12-25(17)27-3;1-2-7-4-3-5-8-6-7;1-3-2/h10,12-14H,4-9,11,23H2,1-3H3;7H,2-6H2,1H3;3H2,1-2H3/q+1;;/t13-,14+;7-;/m00./s1. The number of hydrogen-bond acceptors (Lipinski definition) is 4. The van der Waals surface area contributed by atoms with Crippen molar-refractivity contribution < 1.29 is 32.3 Å². The number of carbonyl (C=O) groups excluding carboxylic acids is 1. The minimum Gasteiger partial charge on any atom is -0.381 e. The largest absolute Gasteiger partial charge is 0.422 e. The maximum Gasteiger partial charge on any atom is 0.422 e. The van der Waals surface area contributed by atoms with Crippen LogP contribution in [0.1, 0.15) is 103 Å². The van der Waals surface area contributed by atoms with Crippen LogP contribution in [0.5, 0.6) is 0 Å². The van der Waals surface area contributed by atoms with Crippen LogP contribution in [0.2, 0.25) is 0 Å². The SMILES string of the molecule is CCC.CC[C@H](CC[C@H](C)N)C(=O)N1CCCc2c(cc(C(F)(F)F)c[n+]2OC)C1.CC[C@H]1CCCOC1. The van der Waals surface area contributed by atoms with E-state index < -0.39 is 11.7 Å². The number of aromatic nitrogens is 1. The number of pyridine rings is 1. The second-order valence-corrected chi connectivity index (χ2v) is 10.4. The van der Waals surface area contributed by atoms with E-state index in [0.717, 1.165) is 37.8 Å². The summed E-state index contributed by atoms with van der Waals surface area (Å²) >= 11 is 0. The quantitative estimate of drug-likeness (QED) is 0.444. The van der Waals surface area contributed by atoms with E-state index in [2.05, 4.69) is 20.8 Å². The number of halogens is 3. The summed E-state index contributed by atoms with van der Waals surface area (Å²) in [7, 11) is 1.34. The van der Waals surface area contributed by atoms with Crippen LogP contribution in [0, 0.1) is 11.8 Å². The van der Waals surface area contributed by atoms with Gasteiger partial charge in [-0.2, -0.15) is 13.2 Å². The van der Waals surface area contributed by atoms with Gasteiger partial charge in [-0.25, -0.2) is 0 Å². The average molecular weight is 547 g/mol. The minimum absolute atomic E-state index is 0.00706. The highest BCUT2D eigenvalue weighted by molar-refractivity contribution is 5.78. The Morgan fingerprint density at radius 1 is 1.24 bits per heavy atom. The number of carbonyl (C=O) groups is 1. The zero-order chi connectivity index (χ0) is 28.7. The first-order valence-electron chi connectivity index (χ1n) is 14.3. The van der Waals surface area contributed by atoms with Gasteiger partial charge in [0.2, 0.25) is 17.8 Å². The third-order valence-corrected chi connectivity index (χ3v) is 6.91. The van der Waals surface area contributed by atoms with Crippen molar-refractivity contribution in [2.45, 2.75) is 111 Å². The molecule has 0 radical (unpaired) electrons. The molecule has 0 spiro atoms. The van der Waals surface area contributed by atoms with Crippen molar-refractivity contribution in [2.24, 2.45) is 17.6 Å². The summed E-state index contributed by atoms with van der Waals surface area (Å²) in [6.07, 6.45) is 5.06. The molecule has 38 heavy (non-hydrogen) atoms. The third-order valence-electron chi connectivity index (χ3n) is 6.91. The van der Waals surface area contributed by atoms with E-state index >= 15 is 0 Å². The van der Waals surface area contributed by atoms with Crippen LogP contribution in [0.15, 0.2) is 12.3 Å². The molecule has 6 nitrogen and oxygen atoms in total. The Bertz CT molecular complexity index is 812. The fraction of sp³-hybridized carbons (Fsp3) is 0.793. The Morgan fingerprint density at radius 3 is 2.39 bits per heavy atom. The molecule has 1 saturated heterocycles. The molecular weight excluding hydrogens is 495 g/mol. The molecule has 0 aromatic carbocycles. The number of fused-ring (bicyclic) bond motifs is 1. The van der Waals surface area contributed by atoms with E-state index in [4.69, 9.17) is 15.3 Å². The summed E-state index contributed by atoms with van der Waals surface area (Å²) in [6, 6.07) is 1.16. The van der Waals surface area contributed by atoms with Crippen LogP contribution in [0.25, 0.3) is 0 Å². The Morgan fingerprint density at radius 2 is 1.92 bits per heavy atom. The smallest absolute Gasteiger partial charge is 0.381 e. The molecule has 1 aromatic rings. The number of rotatable bonds is 7. The fourth-order valence-corrected chi connectivity index (χ4v) is 4.64. The lowest BCUT2D eigenvalue weighted by Gasteiger charge is -2.26. The number of nitrogens with two attached hydrogens (primary N) is 1. The monoisotopic (exact) mass is 546 g/mol. The Kier molecular flexibility index (Phi) is 15.9. The van der Waals surface area contributed by atoms with Crippen molar-refractivity contribution in [1.82, 2.24) is 4.90 Å². The molecule has 1 aromatic heterocycles. The van der Waals surface area contributed by atoms with Gasteiger partial charge in [-0.15, -0.1) is 0 Å². The zero-order valence-corrected chi connectivity index (χ0v) is 24.4. The van der Waals surface area contributed by atoms with E-state index in [1.807, 2.05) is 13.8 Å². The normalized spacial score (nSPS) is 19.0. The summed E-state index contributed by atoms with van der Waals surface area (Å²) < 4.78 is 46.1. The van der Waals surface area contributed by atoms with E-state index in [9.17, 15) is 18.0 Å². The van der Waals surface area contributed by atoms with Gasteiger partial charge in [0.15, 0.2) is 0 Å². The van der Waals surface area contributed by atoms with Crippen LogP contribution in [-0.2, 0) is 28.7 Å². The lowest BCUT2D eigenvalue weighted by molar-refractivity contribution is -0.891. The van der Waals surface area contributed by atoms with Crippen molar-refractivity contribution in [3.8, 4) is 0 Å². The van der Waals surface area contributed by atoms with Gasteiger partial charge in [-0.05, 0) is 57.4 Å². The first-order valence-corrected chi connectivity index (χ1v) is 14.3. The highest BCUT2D eigenvalue weighted by Gasteiger charge is 2.38. The molecule has 2 aliphatic heterocycles. The predicted octanol–water partition coefficient (Wildman–Crippen LogP) is 5.72. The summed E-state index contributed by atoms with van der Waals surface area (Å²) in [5, 5.41) is 0. The van der Waals surface area contributed by atoms with Crippen LogP contribution < -0.4 is 15.3 Å². The van der Waals surface area contributed by atoms with Gasteiger partial charge < -0.3 is 15.4 Å².